The quantitative estimate of drug-likeness (QED) is 0.255. The van der Waals surface area contributed by atoms with E-state index in [1.165, 1.54) is 51.4 Å². The van der Waals surface area contributed by atoms with Crippen LogP contribution in [0.25, 0.3) is 0 Å². The summed E-state index contributed by atoms with van der Waals surface area (Å²) < 4.78 is 45.0. The van der Waals surface area contributed by atoms with Crippen LogP contribution in [0.1, 0.15) is 65.2 Å². The van der Waals surface area contributed by atoms with E-state index in [9.17, 15) is 0 Å². The van der Waals surface area contributed by atoms with Crippen LogP contribution in [0.4, 0.5) is 0 Å². The fourth-order valence-corrected chi connectivity index (χ4v) is 2.26. The van der Waals surface area contributed by atoms with Crippen molar-refractivity contribution in [3.8, 4) is 0 Å². The molecule has 2 aliphatic carbocycles. The molecule has 0 radical (unpaired) electrons. The van der Waals surface area contributed by atoms with E-state index in [2.05, 4.69) is 53.7 Å². The molecule has 2 fully saturated rings. The predicted octanol–water partition coefficient (Wildman–Crippen LogP) is 4.16. The summed E-state index contributed by atoms with van der Waals surface area (Å²) in [6.45, 7) is 31.7. The average molecular weight is 528 g/mol. The Kier molecular flexibility index (Phi) is 142. The Morgan fingerprint density at radius 3 is 0.577 bits per heavy atom. The first-order valence-electron chi connectivity index (χ1n) is 7.01. The van der Waals surface area contributed by atoms with Gasteiger partial charge in [0.1, 0.15) is 0 Å². The van der Waals surface area contributed by atoms with Gasteiger partial charge in [-0.1, -0.05) is 65.2 Å². The van der Waals surface area contributed by atoms with Gasteiger partial charge >= 0.3 is 67.8 Å². The number of hydrogen-bond acceptors (Lipinski definition) is 0. The Labute approximate surface area is 186 Å². The SMILES string of the molecule is CC1CCCC1.CC1CCCC1.[C-]#[O+].[C-]#[O+].[C-]#[O+].[C-]#[O+].[C-]#[O+].[C-]#[O+].[Mo].[Mo]. The normalized spacial score (nSPS) is 12.2. The minimum atomic E-state index is 0. The summed E-state index contributed by atoms with van der Waals surface area (Å²) in [6, 6.07) is 0. The zero-order valence-electron chi connectivity index (χ0n) is 15.1. The molecule has 8 heteroatoms. The van der Waals surface area contributed by atoms with E-state index in [-0.39, 0.29) is 42.1 Å². The Hall–Kier alpha value is -0.183. The topological polar surface area (TPSA) is 119 Å². The average Bonchev–Trinajstić information content (AvgIpc) is 3.39. The largest absolute Gasteiger partial charge is 0 e. The van der Waals surface area contributed by atoms with Crippen molar-refractivity contribution in [1.82, 2.24) is 0 Å². The van der Waals surface area contributed by atoms with Crippen LogP contribution in [-0.2, 0) is 70.0 Å². The molecule has 0 bridgehead atoms. The summed E-state index contributed by atoms with van der Waals surface area (Å²) in [6.07, 6.45) is 11.9. The standard InChI is InChI=1S/2C6H12.6CO.2Mo/c2*1-6-4-2-3-5-6;6*1-2;;/h2*6H,2-5H2,1H3;;;;;;;;. The van der Waals surface area contributed by atoms with Crippen LogP contribution in [-0.4, -0.2) is 0 Å². The summed E-state index contributed by atoms with van der Waals surface area (Å²) in [5.41, 5.74) is 0. The maximum Gasteiger partial charge on any atom is 0 e. The molecule has 0 aromatic carbocycles. The van der Waals surface area contributed by atoms with Gasteiger partial charge in [-0.2, -0.15) is 0 Å². The third-order valence-electron chi connectivity index (χ3n) is 3.29. The van der Waals surface area contributed by atoms with Crippen LogP contribution in [0, 0.1) is 51.7 Å². The minimum absolute atomic E-state index is 0. The zero-order valence-corrected chi connectivity index (χ0v) is 19.1. The third kappa shape index (κ3) is 64.9. The van der Waals surface area contributed by atoms with Crippen molar-refractivity contribution < 1.29 is 70.0 Å². The number of rotatable bonds is 0. The van der Waals surface area contributed by atoms with Crippen molar-refractivity contribution in [3.05, 3.63) is 39.9 Å². The van der Waals surface area contributed by atoms with Gasteiger partial charge in [-0.15, -0.1) is 0 Å². The molecule has 0 saturated heterocycles. The van der Waals surface area contributed by atoms with Crippen molar-refractivity contribution in [3.63, 3.8) is 0 Å². The first-order chi connectivity index (χ1) is 11.8. The predicted molar refractivity (Wildman–Crippen MR) is 78.8 cm³/mol. The fraction of sp³-hybridized carbons (Fsp3) is 0.667. The van der Waals surface area contributed by atoms with Gasteiger partial charge in [0.2, 0.25) is 0 Å². The molecule has 2 rings (SSSR count). The van der Waals surface area contributed by atoms with Crippen LogP contribution in [0.3, 0.4) is 0 Å². The van der Waals surface area contributed by atoms with E-state index in [1.807, 2.05) is 0 Å². The molecular formula is C18H24Mo2O6. The molecule has 0 heterocycles. The Bertz CT molecular complexity index is 249. The van der Waals surface area contributed by atoms with Gasteiger partial charge in [0, 0.05) is 42.1 Å². The molecule has 0 aromatic rings. The third-order valence-corrected chi connectivity index (χ3v) is 3.29. The van der Waals surface area contributed by atoms with Crippen molar-refractivity contribution in [2.75, 3.05) is 0 Å². The second-order valence-corrected chi connectivity index (χ2v) is 4.78. The molecule has 0 aromatic heterocycles. The van der Waals surface area contributed by atoms with Crippen molar-refractivity contribution in [2.45, 2.75) is 65.2 Å². The van der Waals surface area contributed by atoms with Gasteiger partial charge in [0.15, 0.2) is 0 Å². The molecule has 26 heavy (non-hydrogen) atoms. The monoisotopic (exact) mass is 532 g/mol. The molecule has 6 nitrogen and oxygen atoms in total. The van der Waals surface area contributed by atoms with Gasteiger partial charge in [-0.3, -0.25) is 0 Å². The molecule has 0 spiro atoms. The van der Waals surface area contributed by atoms with Crippen LogP contribution >= 0.6 is 0 Å². The van der Waals surface area contributed by atoms with Gasteiger partial charge in [0.25, 0.3) is 0 Å². The number of hydrogen-bond donors (Lipinski definition) is 0. The van der Waals surface area contributed by atoms with Gasteiger partial charge in [-0.25, -0.2) is 0 Å². The molecule has 0 N–H and O–H groups in total. The first kappa shape index (κ1) is 50.1. The van der Waals surface area contributed by atoms with E-state index in [4.69, 9.17) is 27.9 Å². The van der Waals surface area contributed by atoms with Crippen LogP contribution in [0.15, 0.2) is 0 Å². The fourth-order valence-electron chi connectivity index (χ4n) is 2.26. The summed E-state index contributed by atoms with van der Waals surface area (Å²) in [7, 11) is 0. The molecule has 0 amide bonds. The zero-order chi connectivity index (χ0) is 20.8. The van der Waals surface area contributed by atoms with E-state index in [0.717, 1.165) is 11.8 Å². The molecule has 0 unspecified atom stereocenters. The maximum absolute atomic E-state index is 7.50. The van der Waals surface area contributed by atoms with Gasteiger partial charge in [-0.05, 0) is 11.8 Å². The van der Waals surface area contributed by atoms with E-state index < -0.39 is 0 Å². The minimum Gasteiger partial charge on any atom is 0 e. The van der Waals surface area contributed by atoms with Crippen molar-refractivity contribution in [1.29, 1.82) is 0 Å². The molecule has 0 aliphatic heterocycles. The second-order valence-electron chi connectivity index (χ2n) is 4.78. The molecule has 0 atom stereocenters. The summed E-state index contributed by atoms with van der Waals surface area (Å²) in [5.74, 6) is 2.09. The molecular weight excluding hydrogens is 504 g/mol. The van der Waals surface area contributed by atoms with Crippen LogP contribution < -0.4 is 0 Å². The van der Waals surface area contributed by atoms with E-state index >= 15 is 0 Å². The van der Waals surface area contributed by atoms with E-state index in [1.54, 1.807) is 0 Å². The summed E-state index contributed by atoms with van der Waals surface area (Å²) in [5, 5.41) is 0. The molecule has 2 aliphatic rings. The smallest absolute Gasteiger partial charge is 0 e. The van der Waals surface area contributed by atoms with Crippen LogP contribution in [0.5, 0.6) is 0 Å². The van der Waals surface area contributed by atoms with Crippen molar-refractivity contribution >= 4 is 0 Å². The van der Waals surface area contributed by atoms with E-state index in [0.29, 0.717) is 0 Å². The maximum atomic E-state index is 7.50. The summed E-state index contributed by atoms with van der Waals surface area (Å²) >= 11 is 0. The van der Waals surface area contributed by atoms with Crippen LogP contribution in [0.2, 0.25) is 0 Å². The molecule has 2 saturated carbocycles. The van der Waals surface area contributed by atoms with Gasteiger partial charge in [0.05, 0.1) is 0 Å². The first-order valence-corrected chi connectivity index (χ1v) is 7.01. The van der Waals surface area contributed by atoms with Gasteiger partial charge < -0.3 is 0 Å². The second kappa shape index (κ2) is 73.7. The summed E-state index contributed by atoms with van der Waals surface area (Å²) in [4.78, 5) is 0. The Morgan fingerprint density at radius 2 is 0.538 bits per heavy atom. The Balaban J connectivity index is -0.0000000255. The molecule has 144 valence electrons. The van der Waals surface area contributed by atoms with Crippen molar-refractivity contribution in [2.24, 2.45) is 11.8 Å². The Morgan fingerprint density at radius 1 is 0.423 bits per heavy atom.